The second kappa shape index (κ2) is 3.62. The van der Waals surface area contributed by atoms with Crippen molar-refractivity contribution in [3.8, 4) is 0 Å². The van der Waals surface area contributed by atoms with E-state index in [-0.39, 0.29) is 11.5 Å². The van der Waals surface area contributed by atoms with Gasteiger partial charge < -0.3 is 10.3 Å². The fourth-order valence-electron chi connectivity index (χ4n) is 1.26. The van der Waals surface area contributed by atoms with Gasteiger partial charge in [0.05, 0.1) is 6.33 Å². The van der Waals surface area contributed by atoms with E-state index in [1.54, 1.807) is 6.92 Å². The third-order valence-corrected chi connectivity index (χ3v) is 1.88. The number of hydrogen-bond donors (Lipinski definition) is 2. The van der Waals surface area contributed by atoms with Crippen LogP contribution >= 0.6 is 0 Å². The van der Waals surface area contributed by atoms with Gasteiger partial charge in [-0.1, -0.05) is 0 Å². The van der Waals surface area contributed by atoms with E-state index in [0.29, 0.717) is 12.1 Å². The fourth-order valence-corrected chi connectivity index (χ4v) is 1.26. The summed E-state index contributed by atoms with van der Waals surface area (Å²) in [7, 11) is 0. The van der Waals surface area contributed by atoms with E-state index in [0.717, 1.165) is 0 Å². The van der Waals surface area contributed by atoms with Crippen LogP contribution in [0.4, 0.5) is 19.0 Å². The number of nitrogens with one attached hydrogen (secondary N) is 2. The molecular formula is C8H8F3N5. The Morgan fingerprint density at radius 2 is 2.12 bits per heavy atom. The summed E-state index contributed by atoms with van der Waals surface area (Å²) < 4.78 is 37.4. The minimum absolute atomic E-state index is 0.00160. The molecule has 2 N–H and O–H groups in total. The average molecular weight is 231 g/mol. The SMILES string of the molecule is CCNc1nc(C(F)(F)F)nc2nc[nH]c12. The summed E-state index contributed by atoms with van der Waals surface area (Å²) >= 11 is 0. The first-order valence-electron chi connectivity index (χ1n) is 4.54. The highest BCUT2D eigenvalue weighted by molar-refractivity contribution is 5.82. The molecule has 0 unspecified atom stereocenters. The Balaban J connectivity index is 2.61. The molecular weight excluding hydrogens is 223 g/mol. The Labute approximate surface area is 88.1 Å². The zero-order valence-corrected chi connectivity index (χ0v) is 8.26. The topological polar surface area (TPSA) is 66.5 Å². The van der Waals surface area contributed by atoms with Gasteiger partial charge in [-0.3, -0.25) is 0 Å². The number of rotatable bonds is 2. The maximum atomic E-state index is 12.5. The number of aromatic nitrogens is 4. The molecule has 0 aliphatic rings. The maximum Gasteiger partial charge on any atom is 0.451 e. The lowest BCUT2D eigenvalue weighted by molar-refractivity contribution is -0.144. The molecule has 86 valence electrons. The molecule has 2 aromatic heterocycles. The van der Waals surface area contributed by atoms with Crippen molar-refractivity contribution in [3.63, 3.8) is 0 Å². The number of H-pyrrole nitrogens is 1. The Hall–Kier alpha value is -1.86. The zero-order valence-electron chi connectivity index (χ0n) is 8.26. The summed E-state index contributed by atoms with van der Waals surface area (Å²) in [6.45, 7) is 2.22. The van der Waals surface area contributed by atoms with Crippen LogP contribution in [0.3, 0.4) is 0 Å². The lowest BCUT2D eigenvalue weighted by Crippen LogP contribution is -2.13. The lowest BCUT2D eigenvalue weighted by atomic mass is 10.4. The number of imidazole rings is 1. The van der Waals surface area contributed by atoms with Gasteiger partial charge >= 0.3 is 6.18 Å². The van der Waals surface area contributed by atoms with Gasteiger partial charge in [-0.15, -0.1) is 0 Å². The molecule has 0 aliphatic heterocycles. The van der Waals surface area contributed by atoms with Crippen molar-refractivity contribution in [3.05, 3.63) is 12.2 Å². The molecule has 8 heteroatoms. The van der Waals surface area contributed by atoms with Crippen LogP contribution in [0.1, 0.15) is 12.7 Å². The molecule has 0 aromatic carbocycles. The molecule has 16 heavy (non-hydrogen) atoms. The first-order chi connectivity index (χ1) is 7.52. The van der Waals surface area contributed by atoms with E-state index in [1.165, 1.54) is 6.33 Å². The molecule has 0 atom stereocenters. The van der Waals surface area contributed by atoms with E-state index >= 15 is 0 Å². The third-order valence-electron chi connectivity index (χ3n) is 1.88. The van der Waals surface area contributed by atoms with Crippen molar-refractivity contribution < 1.29 is 13.2 Å². The van der Waals surface area contributed by atoms with Crippen molar-refractivity contribution in [1.29, 1.82) is 0 Å². The number of fused-ring (bicyclic) bond motifs is 1. The number of aromatic amines is 1. The highest BCUT2D eigenvalue weighted by atomic mass is 19.4. The van der Waals surface area contributed by atoms with Crippen molar-refractivity contribution in [2.24, 2.45) is 0 Å². The highest BCUT2D eigenvalue weighted by Gasteiger charge is 2.35. The summed E-state index contributed by atoms with van der Waals surface area (Å²) in [5, 5.41) is 2.73. The van der Waals surface area contributed by atoms with Crippen LogP contribution in [0.25, 0.3) is 11.2 Å². The van der Waals surface area contributed by atoms with Crippen molar-refractivity contribution in [2.45, 2.75) is 13.1 Å². The maximum absolute atomic E-state index is 12.5. The number of nitrogens with zero attached hydrogens (tertiary/aromatic N) is 3. The minimum Gasteiger partial charge on any atom is -0.368 e. The lowest BCUT2D eigenvalue weighted by Gasteiger charge is -2.08. The van der Waals surface area contributed by atoms with Crippen molar-refractivity contribution in [2.75, 3.05) is 11.9 Å². The standard InChI is InChI=1S/C8H8F3N5/c1-2-12-5-4-6(14-3-13-4)16-7(15-5)8(9,10)11/h3H,2H2,1H3,(H2,12,13,14,15,16). The Kier molecular flexibility index (Phi) is 2.41. The summed E-state index contributed by atoms with van der Waals surface area (Å²) in [6.07, 6.45) is -3.29. The minimum atomic E-state index is -4.57. The van der Waals surface area contributed by atoms with Crippen LogP contribution in [0.2, 0.25) is 0 Å². The van der Waals surface area contributed by atoms with Crippen molar-refractivity contribution in [1.82, 2.24) is 19.9 Å². The molecule has 5 nitrogen and oxygen atoms in total. The molecule has 0 fully saturated rings. The van der Waals surface area contributed by atoms with Crippen molar-refractivity contribution >= 4 is 17.0 Å². The number of alkyl halides is 3. The van der Waals surface area contributed by atoms with Gasteiger partial charge in [0.15, 0.2) is 11.5 Å². The summed E-state index contributed by atoms with van der Waals surface area (Å²) in [4.78, 5) is 13.1. The molecule has 0 aliphatic carbocycles. The monoisotopic (exact) mass is 231 g/mol. The second-order valence-corrected chi connectivity index (χ2v) is 3.03. The Morgan fingerprint density at radius 1 is 1.38 bits per heavy atom. The molecule has 2 rings (SSSR count). The van der Waals surface area contributed by atoms with Crippen LogP contribution in [-0.2, 0) is 6.18 Å². The Morgan fingerprint density at radius 3 is 2.75 bits per heavy atom. The van der Waals surface area contributed by atoms with Gasteiger partial charge in [0.25, 0.3) is 0 Å². The molecule has 2 heterocycles. The first kappa shape index (κ1) is 10.7. The molecule has 0 saturated carbocycles. The predicted molar refractivity (Wildman–Crippen MR) is 50.8 cm³/mol. The van der Waals surface area contributed by atoms with E-state index in [2.05, 4.69) is 25.3 Å². The van der Waals surface area contributed by atoms with Gasteiger partial charge in [0, 0.05) is 6.54 Å². The highest BCUT2D eigenvalue weighted by Crippen LogP contribution is 2.28. The smallest absolute Gasteiger partial charge is 0.368 e. The largest absolute Gasteiger partial charge is 0.451 e. The molecule has 0 amide bonds. The first-order valence-corrected chi connectivity index (χ1v) is 4.54. The zero-order chi connectivity index (χ0) is 11.8. The van der Waals surface area contributed by atoms with Crippen LogP contribution in [0.5, 0.6) is 0 Å². The average Bonchev–Trinajstić information content (AvgIpc) is 2.64. The summed E-state index contributed by atoms with van der Waals surface area (Å²) in [5.74, 6) is -1.08. The van der Waals surface area contributed by atoms with Gasteiger partial charge in [-0.25, -0.2) is 15.0 Å². The van der Waals surface area contributed by atoms with Gasteiger partial charge in [-0.2, -0.15) is 13.2 Å². The van der Waals surface area contributed by atoms with E-state index in [9.17, 15) is 13.2 Å². The number of hydrogen-bond acceptors (Lipinski definition) is 4. The van der Waals surface area contributed by atoms with Crippen LogP contribution in [0, 0.1) is 0 Å². The van der Waals surface area contributed by atoms with Crippen LogP contribution in [0.15, 0.2) is 6.33 Å². The van der Waals surface area contributed by atoms with Gasteiger partial charge in [0.1, 0.15) is 5.52 Å². The normalized spacial score (nSPS) is 12.0. The van der Waals surface area contributed by atoms with Crippen LogP contribution < -0.4 is 5.32 Å². The molecule has 0 bridgehead atoms. The van der Waals surface area contributed by atoms with Gasteiger partial charge in [0.2, 0.25) is 5.82 Å². The number of anilines is 1. The molecule has 0 saturated heterocycles. The van der Waals surface area contributed by atoms with Gasteiger partial charge in [-0.05, 0) is 6.92 Å². The van der Waals surface area contributed by atoms with Crippen LogP contribution in [-0.4, -0.2) is 26.5 Å². The molecule has 0 spiro atoms. The molecule has 0 radical (unpaired) electrons. The summed E-state index contributed by atoms with van der Waals surface area (Å²) in [5.41, 5.74) is 0.369. The Bertz CT molecular complexity index is 504. The summed E-state index contributed by atoms with van der Waals surface area (Å²) in [6, 6.07) is 0. The third kappa shape index (κ3) is 1.77. The van der Waals surface area contributed by atoms with E-state index in [4.69, 9.17) is 0 Å². The van der Waals surface area contributed by atoms with E-state index in [1.807, 2.05) is 0 Å². The fraction of sp³-hybridized carbons (Fsp3) is 0.375. The molecule has 2 aromatic rings. The predicted octanol–water partition coefficient (Wildman–Crippen LogP) is 1.80. The number of halogens is 3. The quantitative estimate of drug-likeness (QED) is 0.827. The van der Waals surface area contributed by atoms with E-state index < -0.39 is 12.0 Å². The second-order valence-electron chi connectivity index (χ2n) is 3.03.